The first-order valence-corrected chi connectivity index (χ1v) is 11.3. The van der Waals surface area contributed by atoms with E-state index in [1.165, 1.54) is 14.0 Å². The normalized spacial score (nSPS) is 40.8. The van der Waals surface area contributed by atoms with Crippen LogP contribution in [0.15, 0.2) is 0 Å². The fourth-order valence-corrected chi connectivity index (χ4v) is 3.93. The van der Waals surface area contributed by atoms with E-state index in [1.54, 1.807) is 0 Å². The molecule has 0 aromatic rings. The lowest BCUT2D eigenvalue weighted by atomic mass is 9.95. The summed E-state index contributed by atoms with van der Waals surface area (Å²) in [6.07, 6.45) is -21.6. The van der Waals surface area contributed by atoms with E-state index in [0.717, 1.165) is 6.92 Å². The van der Waals surface area contributed by atoms with Crippen molar-refractivity contribution < 1.29 is 74.4 Å². The van der Waals surface area contributed by atoms with Gasteiger partial charge in [-0.1, -0.05) is 0 Å². The van der Waals surface area contributed by atoms with E-state index >= 15 is 0 Å². The first-order chi connectivity index (χ1) is 16.9. The molecular weight excluding hydrogens is 494 g/mol. The van der Waals surface area contributed by atoms with Crippen molar-refractivity contribution in [2.24, 2.45) is 0 Å². The highest BCUT2D eigenvalue weighted by Crippen LogP contribution is 2.31. The van der Waals surface area contributed by atoms with Crippen LogP contribution in [0.3, 0.4) is 0 Å². The van der Waals surface area contributed by atoms with Gasteiger partial charge in [0.1, 0.15) is 61.0 Å². The smallest absolute Gasteiger partial charge is 0.217 e. The number of aliphatic hydroxyl groups is 9. The molecule has 36 heavy (non-hydrogen) atoms. The van der Waals surface area contributed by atoms with Crippen LogP contribution in [0.4, 0.5) is 0 Å². The standard InChI is InChI=1S/C20H37NO15/c1-6(32-3)11(25)15(29)18(30)35-17-16(13(27)9(5-23)33-19(17)31)36-20-10(21-7(2)24)14(28)12(26)8(4-22)34-20/h6,8-20,22-23,25-31H,4-5H2,1-3H3,(H,21,24). The Morgan fingerprint density at radius 3 is 2.03 bits per heavy atom. The van der Waals surface area contributed by atoms with E-state index in [9.17, 15) is 50.8 Å². The third-order valence-corrected chi connectivity index (χ3v) is 6.15. The number of carbonyl (C=O) groups excluding carboxylic acids is 1. The van der Waals surface area contributed by atoms with Gasteiger partial charge in [0.05, 0.1) is 19.3 Å². The molecule has 0 radical (unpaired) electrons. The molecular formula is C20H37NO15. The summed E-state index contributed by atoms with van der Waals surface area (Å²) in [4.78, 5) is 11.7. The Morgan fingerprint density at radius 1 is 0.917 bits per heavy atom. The zero-order chi connectivity index (χ0) is 27.3. The van der Waals surface area contributed by atoms with E-state index in [-0.39, 0.29) is 0 Å². The van der Waals surface area contributed by atoms with Crippen LogP contribution in [-0.2, 0) is 28.5 Å². The van der Waals surface area contributed by atoms with Gasteiger partial charge in [0, 0.05) is 14.0 Å². The average molecular weight is 532 g/mol. The molecule has 2 heterocycles. The van der Waals surface area contributed by atoms with Gasteiger partial charge in [-0.15, -0.1) is 0 Å². The molecule has 16 nitrogen and oxygen atoms in total. The first-order valence-electron chi connectivity index (χ1n) is 11.3. The molecule has 10 N–H and O–H groups in total. The summed E-state index contributed by atoms with van der Waals surface area (Å²) < 4.78 is 26.4. The number of hydrogen-bond donors (Lipinski definition) is 10. The van der Waals surface area contributed by atoms with Crippen LogP contribution >= 0.6 is 0 Å². The molecule has 212 valence electrons. The van der Waals surface area contributed by atoms with Crippen molar-refractivity contribution in [3.63, 3.8) is 0 Å². The highest BCUT2D eigenvalue weighted by molar-refractivity contribution is 5.73. The zero-order valence-corrected chi connectivity index (χ0v) is 20.0. The molecule has 0 aromatic carbocycles. The van der Waals surface area contributed by atoms with Crippen LogP contribution in [0.2, 0.25) is 0 Å². The summed E-state index contributed by atoms with van der Waals surface area (Å²) in [5, 5.41) is 93.8. The minimum absolute atomic E-state index is 0.653. The summed E-state index contributed by atoms with van der Waals surface area (Å²) in [6, 6.07) is -1.43. The Labute approximate surface area is 206 Å². The molecule has 16 heteroatoms. The Balaban J connectivity index is 2.32. The summed E-state index contributed by atoms with van der Waals surface area (Å²) in [7, 11) is 1.25. The fourth-order valence-electron chi connectivity index (χ4n) is 3.93. The molecule has 1 amide bonds. The molecule has 0 bridgehead atoms. The van der Waals surface area contributed by atoms with Crippen molar-refractivity contribution in [3.05, 3.63) is 0 Å². The molecule has 2 aliphatic rings. The van der Waals surface area contributed by atoms with Crippen LogP contribution < -0.4 is 5.32 Å². The highest BCUT2D eigenvalue weighted by Gasteiger charge is 2.52. The van der Waals surface area contributed by atoms with Crippen molar-refractivity contribution in [3.8, 4) is 0 Å². The quantitative estimate of drug-likeness (QED) is 0.111. The van der Waals surface area contributed by atoms with Crippen molar-refractivity contribution in [1.82, 2.24) is 5.32 Å². The van der Waals surface area contributed by atoms with Gasteiger partial charge in [-0.05, 0) is 6.92 Å². The number of ether oxygens (including phenoxy) is 5. The molecule has 14 atom stereocenters. The summed E-state index contributed by atoms with van der Waals surface area (Å²) >= 11 is 0. The Bertz CT molecular complexity index is 687. The van der Waals surface area contributed by atoms with Gasteiger partial charge in [0.2, 0.25) is 5.91 Å². The van der Waals surface area contributed by atoms with Gasteiger partial charge >= 0.3 is 0 Å². The molecule has 0 spiro atoms. The van der Waals surface area contributed by atoms with Crippen molar-refractivity contribution in [1.29, 1.82) is 0 Å². The van der Waals surface area contributed by atoms with Gasteiger partial charge < -0.3 is 75.0 Å². The monoisotopic (exact) mass is 531 g/mol. The molecule has 2 rings (SSSR count). The maximum Gasteiger partial charge on any atom is 0.217 e. The third kappa shape index (κ3) is 7.06. The van der Waals surface area contributed by atoms with Crippen LogP contribution in [0.5, 0.6) is 0 Å². The average Bonchev–Trinajstić information content (AvgIpc) is 2.85. The number of carbonyl (C=O) groups is 1. The second-order valence-corrected chi connectivity index (χ2v) is 8.69. The number of rotatable bonds is 11. The lowest BCUT2D eigenvalue weighted by molar-refractivity contribution is -0.365. The molecule has 2 saturated heterocycles. The second kappa shape index (κ2) is 13.6. The van der Waals surface area contributed by atoms with Crippen molar-refractivity contribution >= 4 is 5.91 Å². The molecule has 0 saturated carbocycles. The van der Waals surface area contributed by atoms with Crippen LogP contribution in [0.25, 0.3) is 0 Å². The van der Waals surface area contributed by atoms with Gasteiger partial charge in [0.25, 0.3) is 0 Å². The molecule has 0 aliphatic carbocycles. The Hall–Kier alpha value is -1.09. The number of aliphatic hydroxyl groups excluding tert-OH is 9. The topological polar surface area (TPSA) is 257 Å². The number of methoxy groups -OCH3 is 1. The third-order valence-electron chi connectivity index (χ3n) is 6.15. The lowest BCUT2D eigenvalue weighted by Gasteiger charge is -2.47. The zero-order valence-electron chi connectivity index (χ0n) is 20.0. The molecule has 2 fully saturated rings. The van der Waals surface area contributed by atoms with Gasteiger partial charge in [-0.25, -0.2) is 0 Å². The van der Waals surface area contributed by atoms with E-state index in [4.69, 9.17) is 23.7 Å². The maximum absolute atomic E-state index is 11.7. The predicted octanol–water partition coefficient (Wildman–Crippen LogP) is -6.15. The second-order valence-electron chi connectivity index (χ2n) is 8.69. The van der Waals surface area contributed by atoms with Crippen LogP contribution in [0.1, 0.15) is 13.8 Å². The summed E-state index contributed by atoms with van der Waals surface area (Å²) in [5.41, 5.74) is 0. The van der Waals surface area contributed by atoms with Gasteiger partial charge in [-0.3, -0.25) is 4.79 Å². The number of nitrogens with one attached hydrogen (secondary N) is 1. The minimum atomic E-state index is -2.17. The number of amides is 1. The van der Waals surface area contributed by atoms with Crippen molar-refractivity contribution in [2.75, 3.05) is 20.3 Å². The van der Waals surface area contributed by atoms with E-state index < -0.39 is 105 Å². The van der Waals surface area contributed by atoms with Crippen LogP contribution in [0, 0.1) is 0 Å². The highest BCUT2D eigenvalue weighted by atomic mass is 16.7. The summed E-state index contributed by atoms with van der Waals surface area (Å²) in [6.45, 7) is 0.963. The molecule has 2 aliphatic heterocycles. The Kier molecular flexibility index (Phi) is 11.8. The summed E-state index contributed by atoms with van der Waals surface area (Å²) in [5.74, 6) is -0.653. The van der Waals surface area contributed by atoms with Gasteiger partial charge in [-0.2, -0.15) is 0 Å². The Morgan fingerprint density at radius 2 is 1.50 bits per heavy atom. The largest absolute Gasteiger partial charge is 0.394 e. The van der Waals surface area contributed by atoms with Crippen LogP contribution in [-0.4, -0.2) is 158 Å². The lowest BCUT2D eigenvalue weighted by Crippen LogP contribution is -2.68. The van der Waals surface area contributed by atoms with E-state index in [1.807, 2.05) is 0 Å². The minimum Gasteiger partial charge on any atom is -0.394 e. The van der Waals surface area contributed by atoms with E-state index in [2.05, 4.69) is 5.32 Å². The fraction of sp³-hybridized carbons (Fsp3) is 0.950. The van der Waals surface area contributed by atoms with Gasteiger partial charge in [0.15, 0.2) is 18.9 Å². The maximum atomic E-state index is 11.7. The number of hydrogen-bond acceptors (Lipinski definition) is 15. The predicted molar refractivity (Wildman–Crippen MR) is 114 cm³/mol. The molecule has 14 unspecified atom stereocenters. The SMILES string of the molecule is COC(C)C(O)C(O)C(O)OC1C(O)OC(CO)C(O)C1OC1OC(CO)C(O)C(O)C1NC(C)=O. The van der Waals surface area contributed by atoms with Crippen molar-refractivity contribution in [2.45, 2.75) is 99.8 Å². The first kappa shape index (κ1) is 31.1. The van der Waals surface area contributed by atoms with E-state index in [0.29, 0.717) is 0 Å². The molecule has 0 aromatic heterocycles.